The fourth-order valence-corrected chi connectivity index (χ4v) is 3.02. The van der Waals surface area contributed by atoms with E-state index in [2.05, 4.69) is 54.1 Å². The van der Waals surface area contributed by atoms with Crippen molar-refractivity contribution < 1.29 is 0 Å². The van der Waals surface area contributed by atoms with Crippen molar-refractivity contribution in [3.8, 4) is 11.3 Å². The number of hydrogen-bond donors (Lipinski definition) is 1. The zero-order chi connectivity index (χ0) is 15.9. The summed E-state index contributed by atoms with van der Waals surface area (Å²) in [5.74, 6) is 0.582. The van der Waals surface area contributed by atoms with E-state index >= 15 is 0 Å². The number of anilines is 2. The molecule has 0 spiro atoms. The van der Waals surface area contributed by atoms with Gasteiger partial charge in [0.2, 0.25) is 0 Å². The highest BCUT2D eigenvalue weighted by atomic mass is 15.1. The normalized spacial score (nSPS) is 10.9. The number of aryl methyl sites for hydroxylation is 2. The standard InChI is InChI=1S/C19H21N3/c1-12-7-5-8-13(2)18(12)16-11-15-14(19(20)21-16)9-6-10-17(15)22(3)4/h5-11H,1-4H3,(H2,20,21). The number of benzene rings is 2. The van der Waals surface area contributed by atoms with Crippen LogP contribution in [0.5, 0.6) is 0 Å². The van der Waals surface area contributed by atoms with Crippen LogP contribution < -0.4 is 10.6 Å². The largest absolute Gasteiger partial charge is 0.383 e. The molecule has 0 radical (unpaired) electrons. The van der Waals surface area contributed by atoms with Crippen LogP contribution in [0.2, 0.25) is 0 Å². The summed E-state index contributed by atoms with van der Waals surface area (Å²) in [6, 6.07) is 14.6. The average Bonchev–Trinajstić information content (AvgIpc) is 2.46. The summed E-state index contributed by atoms with van der Waals surface area (Å²) < 4.78 is 0. The zero-order valence-electron chi connectivity index (χ0n) is 13.5. The van der Waals surface area contributed by atoms with Gasteiger partial charge in [-0.3, -0.25) is 0 Å². The maximum Gasteiger partial charge on any atom is 0.132 e. The first-order valence-corrected chi connectivity index (χ1v) is 7.42. The number of nitrogens with two attached hydrogens (primary N) is 1. The Kier molecular flexibility index (Phi) is 3.49. The first-order chi connectivity index (χ1) is 10.5. The molecule has 0 amide bonds. The van der Waals surface area contributed by atoms with Gasteiger partial charge in [0, 0.05) is 36.1 Å². The Morgan fingerprint density at radius 2 is 1.55 bits per heavy atom. The van der Waals surface area contributed by atoms with Gasteiger partial charge in [0.1, 0.15) is 5.82 Å². The lowest BCUT2D eigenvalue weighted by Gasteiger charge is -2.17. The second-order valence-electron chi connectivity index (χ2n) is 5.93. The third-order valence-corrected chi connectivity index (χ3v) is 4.10. The van der Waals surface area contributed by atoms with E-state index in [1.54, 1.807) is 0 Å². The number of rotatable bonds is 2. The molecule has 3 rings (SSSR count). The van der Waals surface area contributed by atoms with Gasteiger partial charge in [0.25, 0.3) is 0 Å². The summed E-state index contributed by atoms with van der Waals surface area (Å²) in [5.41, 5.74) is 11.9. The predicted octanol–water partition coefficient (Wildman–Crippen LogP) is 4.17. The molecule has 0 atom stereocenters. The minimum atomic E-state index is 0.582. The Bertz CT molecular complexity index is 830. The number of hydrogen-bond acceptors (Lipinski definition) is 3. The van der Waals surface area contributed by atoms with Crippen LogP contribution in [0.15, 0.2) is 42.5 Å². The van der Waals surface area contributed by atoms with E-state index in [1.807, 2.05) is 26.2 Å². The summed E-state index contributed by atoms with van der Waals surface area (Å²) in [6.45, 7) is 4.23. The zero-order valence-corrected chi connectivity index (χ0v) is 13.5. The molecular formula is C19H21N3. The average molecular weight is 291 g/mol. The Labute approximate surface area is 131 Å². The fraction of sp³-hybridized carbons (Fsp3) is 0.211. The van der Waals surface area contributed by atoms with E-state index < -0.39 is 0 Å². The monoisotopic (exact) mass is 291 g/mol. The van der Waals surface area contributed by atoms with Gasteiger partial charge in [0.05, 0.1) is 5.69 Å². The van der Waals surface area contributed by atoms with Crippen molar-refractivity contribution in [1.29, 1.82) is 0 Å². The van der Waals surface area contributed by atoms with Crippen LogP contribution in [0.25, 0.3) is 22.0 Å². The highest BCUT2D eigenvalue weighted by Crippen LogP contribution is 2.34. The number of aromatic nitrogens is 1. The molecular weight excluding hydrogens is 270 g/mol. The first-order valence-electron chi connectivity index (χ1n) is 7.42. The third kappa shape index (κ3) is 2.29. The van der Waals surface area contributed by atoms with Crippen LogP contribution >= 0.6 is 0 Å². The predicted molar refractivity (Wildman–Crippen MR) is 95.4 cm³/mol. The third-order valence-electron chi connectivity index (χ3n) is 4.10. The highest BCUT2D eigenvalue weighted by Gasteiger charge is 2.12. The second-order valence-corrected chi connectivity index (χ2v) is 5.93. The number of pyridine rings is 1. The maximum atomic E-state index is 6.23. The Morgan fingerprint density at radius 1 is 0.909 bits per heavy atom. The summed E-state index contributed by atoms with van der Waals surface area (Å²) in [4.78, 5) is 6.76. The molecule has 112 valence electrons. The van der Waals surface area contributed by atoms with E-state index in [0.717, 1.165) is 22.2 Å². The molecule has 1 heterocycles. The molecule has 3 heteroatoms. The summed E-state index contributed by atoms with van der Waals surface area (Å²) in [6.07, 6.45) is 0. The van der Waals surface area contributed by atoms with Crippen molar-refractivity contribution in [2.75, 3.05) is 24.7 Å². The molecule has 0 saturated carbocycles. The SMILES string of the molecule is Cc1cccc(C)c1-c1cc2c(N(C)C)cccc2c(N)n1. The fourth-order valence-electron chi connectivity index (χ4n) is 3.02. The molecule has 0 unspecified atom stereocenters. The van der Waals surface area contributed by atoms with Crippen LogP contribution in [0.1, 0.15) is 11.1 Å². The molecule has 1 aromatic heterocycles. The molecule has 2 N–H and O–H groups in total. The molecule has 22 heavy (non-hydrogen) atoms. The first kappa shape index (κ1) is 14.4. The van der Waals surface area contributed by atoms with E-state index in [4.69, 9.17) is 5.73 Å². The van der Waals surface area contributed by atoms with Crippen LogP contribution in [0.4, 0.5) is 11.5 Å². The minimum absolute atomic E-state index is 0.582. The van der Waals surface area contributed by atoms with Crippen molar-refractivity contribution >= 4 is 22.3 Å². The minimum Gasteiger partial charge on any atom is -0.383 e. The van der Waals surface area contributed by atoms with Crippen molar-refractivity contribution in [3.63, 3.8) is 0 Å². The van der Waals surface area contributed by atoms with Gasteiger partial charge < -0.3 is 10.6 Å². The summed E-state index contributed by atoms with van der Waals surface area (Å²) >= 11 is 0. The Morgan fingerprint density at radius 3 is 2.18 bits per heavy atom. The topological polar surface area (TPSA) is 42.1 Å². The number of fused-ring (bicyclic) bond motifs is 1. The lowest BCUT2D eigenvalue weighted by atomic mass is 9.97. The quantitative estimate of drug-likeness (QED) is 0.770. The van der Waals surface area contributed by atoms with Crippen molar-refractivity contribution in [2.45, 2.75) is 13.8 Å². The second kappa shape index (κ2) is 5.34. The summed E-state index contributed by atoms with van der Waals surface area (Å²) in [5, 5.41) is 2.14. The van der Waals surface area contributed by atoms with Crippen LogP contribution in [0, 0.1) is 13.8 Å². The van der Waals surface area contributed by atoms with Crippen molar-refractivity contribution in [1.82, 2.24) is 4.98 Å². The van der Waals surface area contributed by atoms with Gasteiger partial charge in [-0.2, -0.15) is 0 Å². The molecule has 3 aromatic rings. The lowest BCUT2D eigenvalue weighted by molar-refractivity contribution is 1.14. The lowest BCUT2D eigenvalue weighted by Crippen LogP contribution is -2.09. The molecule has 0 fully saturated rings. The summed E-state index contributed by atoms with van der Waals surface area (Å²) in [7, 11) is 4.09. The molecule has 0 aliphatic rings. The van der Waals surface area contributed by atoms with Crippen LogP contribution in [0.3, 0.4) is 0 Å². The van der Waals surface area contributed by atoms with E-state index in [1.165, 1.54) is 16.7 Å². The molecule has 2 aromatic carbocycles. The number of nitrogens with zero attached hydrogens (tertiary/aromatic N) is 2. The van der Waals surface area contributed by atoms with Gasteiger partial charge in [-0.15, -0.1) is 0 Å². The van der Waals surface area contributed by atoms with E-state index in [9.17, 15) is 0 Å². The van der Waals surface area contributed by atoms with E-state index in [0.29, 0.717) is 5.82 Å². The van der Waals surface area contributed by atoms with Crippen LogP contribution in [-0.4, -0.2) is 19.1 Å². The Balaban J connectivity index is 2.35. The number of nitrogen functional groups attached to an aromatic ring is 1. The van der Waals surface area contributed by atoms with Crippen molar-refractivity contribution in [2.24, 2.45) is 0 Å². The molecule has 0 aliphatic heterocycles. The highest BCUT2D eigenvalue weighted by molar-refractivity contribution is 6.01. The van der Waals surface area contributed by atoms with Crippen LogP contribution in [-0.2, 0) is 0 Å². The maximum absolute atomic E-state index is 6.23. The van der Waals surface area contributed by atoms with Gasteiger partial charge in [-0.05, 0) is 37.1 Å². The van der Waals surface area contributed by atoms with E-state index in [-0.39, 0.29) is 0 Å². The molecule has 0 bridgehead atoms. The Hall–Kier alpha value is -2.55. The van der Waals surface area contributed by atoms with Crippen molar-refractivity contribution in [3.05, 3.63) is 53.6 Å². The molecule has 0 saturated heterocycles. The smallest absolute Gasteiger partial charge is 0.132 e. The van der Waals surface area contributed by atoms with Gasteiger partial charge in [0.15, 0.2) is 0 Å². The molecule has 3 nitrogen and oxygen atoms in total. The van der Waals surface area contributed by atoms with Gasteiger partial charge >= 0.3 is 0 Å². The molecule has 0 aliphatic carbocycles. The van der Waals surface area contributed by atoms with Gasteiger partial charge in [-0.25, -0.2) is 4.98 Å². The van der Waals surface area contributed by atoms with Gasteiger partial charge in [-0.1, -0.05) is 30.3 Å².